The number of nitrogens with one attached hydrogen (secondary N) is 1. The Morgan fingerprint density at radius 1 is 0.969 bits per heavy atom. The Morgan fingerprint density at radius 2 is 1.72 bits per heavy atom. The van der Waals surface area contributed by atoms with Crippen molar-refractivity contribution in [3.8, 4) is 0 Å². The number of ether oxygens (including phenoxy) is 1. The molecule has 1 aromatic heterocycles. The maximum atomic E-state index is 13.2. The second-order valence-corrected chi connectivity index (χ2v) is 9.26. The minimum absolute atomic E-state index is 0.226. The summed E-state index contributed by atoms with van der Waals surface area (Å²) in [5.41, 5.74) is 3.15. The van der Waals surface area contributed by atoms with E-state index in [1.807, 2.05) is 38.1 Å². The van der Waals surface area contributed by atoms with Crippen LogP contribution in [0.15, 0.2) is 66.7 Å². The number of rotatable bonds is 5. The summed E-state index contributed by atoms with van der Waals surface area (Å²) in [5.74, 6) is -1.11. The van der Waals surface area contributed by atoms with Gasteiger partial charge in [0, 0.05) is 26.4 Å². The highest BCUT2D eigenvalue weighted by molar-refractivity contribution is 7.21. The maximum Gasteiger partial charge on any atom is 0.351 e. The van der Waals surface area contributed by atoms with Crippen LogP contribution in [0, 0.1) is 13.8 Å². The third-order valence-corrected chi connectivity index (χ3v) is 6.87. The molecule has 0 aliphatic heterocycles. The highest BCUT2D eigenvalue weighted by atomic mass is 35.5. The number of thiophene rings is 1. The van der Waals surface area contributed by atoms with Crippen molar-refractivity contribution in [3.63, 3.8) is 0 Å². The van der Waals surface area contributed by atoms with Crippen molar-refractivity contribution < 1.29 is 14.3 Å². The topological polar surface area (TPSA) is 55.4 Å². The quantitative estimate of drug-likeness (QED) is 0.301. The molecule has 162 valence electrons. The number of anilines is 1. The average molecular weight is 484 g/mol. The Bertz CT molecular complexity index is 1320. The molecular formula is C25H19Cl2NO3S. The molecule has 0 radical (unpaired) electrons. The molecule has 1 heterocycles. The highest BCUT2D eigenvalue weighted by Gasteiger charge is 2.28. The molecule has 7 heteroatoms. The molecule has 3 aromatic carbocycles. The molecule has 0 bridgehead atoms. The van der Waals surface area contributed by atoms with Crippen molar-refractivity contribution in [1.29, 1.82) is 0 Å². The van der Waals surface area contributed by atoms with Crippen molar-refractivity contribution in [2.24, 2.45) is 0 Å². The number of amides is 1. The van der Waals surface area contributed by atoms with Gasteiger partial charge in [0.2, 0.25) is 6.10 Å². The van der Waals surface area contributed by atoms with Gasteiger partial charge in [0.1, 0.15) is 4.88 Å². The number of hydrogen-bond acceptors (Lipinski definition) is 4. The van der Waals surface area contributed by atoms with E-state index in [2.05, 4.69) is 5.32 Å². The number of fused-ring (bicyclic) bond motifs is 1. The van der Waals surface area contributed by atoms with Crippen LogP contribution in [-0.4, -0.2) is 11.9 Å². The molecule has 4 nitrogen and oxygen atoms in total. The zero-order valence-corrected chi connectivity index (χ0v) is 19.6. The standard InChI is InChI=1S/C25H19Cl2NO3S/c1-14-8-9-15(2)19(12-14)28-24(29)22(16-6-4-3-5-7-16)31-25(30)23-21(27)18-11-10-17(26)13-20(18)32-23/h3-13,22H,1-2H3,(H,28,29). The number of carbonyl (C=O) groups excluding carboxylic acids is 2. The number of carbonyl (C=O) groups is 2. The van der Waals surface area contributed by atoms with Crippen LogP contribution in [0.2, 0.25) is 10.0 Å². The van der Waals surface area contributed by atoms with Gasteiger partial charge in [-0.25, -0.2) is 4.79 Å². The van der Waals surface area contributed by atoms with Gasteiger partial charge in [0.25, 0.3) is 5.91 Å². The minimum atomic E-state index is -1.14. The molecule has 4 aromatic rings. The second-order valence-electron chi connectivity index (χ2n) is 7.39. The first kappa shape index (κ1) is 22.3. The lowest BCUT2D eigenvalue weighted by Crippen LogP contribution is -2.26. The van der Waals surface area contributed by atoms with Gasteiger partial charge in [0.15, 0.2) is 0 Å². The van der Waals surface area contributed by atoms with Crippen LogP contribution in [0.3, 0.4) is 0 Å². The Hall–Kier alpha value is -2.86. The summed E-state index contributed by atoms with van der Waals surface area (Å²) in [7, 11) is 0. The van der Waals surface area contributed by atoms with Crippen LogP contribution in [0.1, 0.15) is 32.5 Å². The van der Waals surface area contributed by atoms with E-state index in [0.29, 0.717) is 21.7 Å². The van der Waals surface area contributed by atoms with E-state index in [9.17, 15) is 9.59 Å². The Balaban J connectivity index is 1.66. The summed E-state index contributed by atoms with van der Waals surface area (Å²) in [4.78, 5) is 26.5. The summed E-state index contributed by atoms with van der Waals surface area (Å²) in [6, 6.07) is 19.9. The lowest BCUT2D eigenvalue weighted by Gasteiger charge is -2.19. The van der Waals surface area contributed by atoms with Crippen LogP contribution in [0.25, 0.3) is 10.1 Å². The smallest absolute Gasteiger partial charge is 0.351 e. The fourth-order valence-corrected chi connectivity index (χ4v) is 4.97. The van der Waals surface area contributed by atoms with E-state index >= 15 is 0 Å². The molecule has 0 saturated carbocycles. The Labute approximate surface area is 199 Å². The van der Waals surface area contributed by atoms with Crippen molar-refractivity contribution >= 4 is 62.2 Å². The SMILES string of the molecule is Cc1ccc(C)c(NC(=O)C(OC(=O)c2sc3cc(Cl)ccc3c2Cl)c2ccccc2)c1. The van der Waals surface area contributed by atoms with Gasteiger partial charge in [-0.2, -0.15) is 0 Å². The summed E-state index contributed by atoms with van der Waals surface area (Å²) in [5, 5.41) is 4.44. The fourth-order valence-electron chi connectivity index (χ4n) is 3.30. The van der Waals surface area contributed by atoms with Gasteiger partial charge in [-0.3, -0.25) is 4.79 Å². The fraction of sp³-hybridized carbons (Fsp3) is 0.120. The van der Waals surface area contributed by atoms with Crippen molar-refractivity contribution in [3.05, 3.63) is 98.3 Å². The third kappa shape index (κ3) is 4.65. The third-order valence-electron chi connectivity index (χ3n) is 4.99. The van der Waals surface area contributed by atoms with Crippen LogP contribution in [0.5, 0.6) is 0 Å². The van der Waals surface area contributed by atoms with Crippen LogP contribution < -0.4 is 5.32 Å². The Kier molecular flexibility index (Phi) is 6.51. The summed E-state index contributed by atoms with van der Waals surface area (Å²) in [6.45, 7) is 3.85. The molecule has 1 atom stereocenters. The molecule has 0 aliphatic carbocycles. The van der Waals surface area contributed by atoms with Gasteiger partial charge in [-0.1, -0.05) is 71.7 Å². The second kappa shape index (κ2) is 9.33. The first-order valence-electron chi connectivity index (χ1n) is 9.85. The zero-order chi connectivity index (χ0) is 22.8. The van der Waals surface area contributed by atoms with E-state index in [4.69, 9.17) is 27.9 Å². The normalized spacial score (nSPS) is 11.9. The highest BCUT2D eigenvalue weighted by Crippen LogP contribution is 2.38. The number of benzene rings is 3. The number of aryl methyl sites for hydroxylation is 2. The van der Waals surface area contributed by atoms with Crippen molar-refractivity contribution in [2.75, 3.05) is 5.32 Å². The van der Waals surface area contributed by atoms with Crippen LogP contribution in [0.4, 0.5) is 5.69 Å². The van der Waals surface area contributed by atoms with E-state index in [1.165, 1.54) is 11.3 Å². The summed E-state index contributed by atoms with van der Waals surface area (Å²) >= 11 is 13.7. The van der Waals surface area contributed by atoms with E-state index in [-0.39, 0.29) is 9.90 Å². The largest absolute Gasteiger partial charge is 0.443 e. The first-order chi connectivity index (χ1) is 15.3. The summed E-state index contributed by atoms with van der Waals surface area (Å²) in [6.07, 6.45) is -1.14. The predicted molar refractivity (Wildman–Crippen MR) is 131 cm³/mol. The van der Waals surface area contributed by atoms with Crippen molar-refractivity contribution in [1.82, 2.24) is 0 Å². The molecular weight excluding hydrogens is 465 g/mol. The molecule has 0 saturated heterocycles. The lowest BCUT2D eigenvalue weighted by molar-refractivity contribution is -0.125. The molecule has 32 heavy (non-hydrogen) atoms. The van der Waals surface area contributed by atoms with E-state index in [0.717, 1.165) is 15.8 Å². The molecule has 1 unspecified atom stereocenters. The van der Waals surface area contributed by atoms with Gasteiger partial charge in [0.05, 0.1) is 5.02 Å². The molecule has 1 amide bonds. The molecule has 4 rings (SSSR count). The van der Waals surface area contributed by atoms with Crippen LogP contribution >= 0.6 is 34.5 Å². The van der Waals surface area contributed by atoms with E-state index in [1.54, 1.807) is 42.5 Å². The number of hydrogen-bond donors (Lipinski definition) is 1. The van der Waals surface area contributed by atoms with Crippen LogP contribution in [-0.2, 0) is 9.53 Å². The van der Waals surface area contributed by atoms with Gasteiger partial charge in [-0.05, 0) is 43.2 Å². The number of halogens is 2. The predicted octanol–water partition coefficient (Wildman–Crippen LogP) is 7.36. The average Bonchev–Trinajstić information content (AvgIpc) is 3.10. The summed E-state index contributed by atoms with van der Waals surface area (Å²) < 4.78 is 6.48. The van der Waals surface area contributed by atoms with Crippen molar-refractivity contribution in [2.45, 2.75) is 20.0 Å². The molecule has 0 aliphatic rings. The zero-order valence-electron chi connectivity index (χ0n) is 17.3. The minimum Gasteiger partial charge on any atom is -0.443 e. The molecule has 0 spiro atoms. The molecule has 0 fully saturated rings. The lowest BCUT2D eigenvalue weighted by atomic mass is 10.1. The Morgan fingerprint density at radius 3 is 2.47 bits per heavy atom. The number of esters is 1. The first-order valence-corrected chi connectivity index (χ1v) is 11.4. The van der Waals surface area contributed by atoms with Gasteiger partial charge < -0.3 is 10.1 Å². The monoisotopic (exact) mass is 483 g/mol. The maximum absolute atomic E-state index is 13.2. The van der Waals surface area contributed by atoms with Gasteiger partial charge >= 0.3 is 5.97 Å². The van der Waals surface area contributed by atoms with Gasteiger partial charge in [-0.15, -0.1) is 11.3 Å². The molecule has 1 N–H and O–H groups in total. The van der Waals surface area contributed by atoms with E-state index < -0.39 is 18.0 Å².